The van der Waals surface area contributed by atoms with Crippen molar-refractivity contribution >= 4 is 38.3 Å². The number of carbonyl (C=O) groups is 2. The number of halogens is 3. The highest BCUT2D eigenvalue weighted by Crippen LogP contribution is 2.22. The summed E-state index contributed by atoms with van der Waals surface area (Å²) in [5.74, 6) is -2.01. The van der Waals surface area contributed by atoms with Gasteiger partial charge in [0.25, 0.3) is 0 Å². The van der Waals surface area contributed by atoms with Crippen LogP contribution < -0.4 is 11.5 Å². The van der Waals surface area contributed by atoms with Crippen molar-refractivity contribution in [2.75, 3.05) is 6.54 Å². The summed E-state index contributed by atoms with van der Waals surface area (Å²) in [5.41, 5.74) is 9.68. The Balaban J connectivity index is 3.40. The van der Waals surface area contributed by atoms with E-state index in [1.54, 1.807) is 6.92 Å². The lowest BCUT2D eigenvalue weighted by Crippen LogP contribution is -2.23. The first-order valence-electron chi connectivity index (χ1n) is 7.24. The van der Waals surface area contributed by atoms with Gasteiger partial charge in [0.1, 0.15) is 16.5 Å². The lowest BCUT2D eigenvalue weighted by molar-refractivity contribution is -0.109. The quantitative estimate of drug-likeness (QED) is 0.377. The van der Waals surface area contributed by atoms with Gasteiger partial charge < -0.3 is 11.5 Å². The standard InChI is InChI=1S/C16H17BrF2N4O2/c1-2-22-16(17)11(6-20)15(25)14(12(19)7-21)23-13-4-3-10(18)5-9(13)8-24/h4-8,10H,2-3,20-21H2,1H3. The van der Waals surface area contributed by atoms with Crippen LogP contribution in [0.2, 0.25) is 0 Å². The van der Waals surface area contributed by atoms with E-state index in [1.807, 2.05) is 0 Å². The van der Waals surface area contributed by atoms with Gasteiger partial charge in [-0.25, -0.2) is 13.8 Å². The molecular formula is C16H17BrF2N4O2. The van der Waals surface area contributed by atoms with Gasteiger partial charge in [-0.2, -0.15) is 0 Å². The molecule has 0 spiro atoms. The van der Waals surface area contributed by atoms with E-state index in [2.05, 4.69) is 25.9 Å². The first-order valence-corrected chi connectivity index (χ1v) is 8.03. The third kappa shape index (κ3) is 5.28. The van der Waals surface area contributed by atoms with E-state index in [0.717, 1.165) is 12.3 Å². The second-order valence-corrected chi connectivity index (χ2v) is 5.48. The minimum atomic E-state index is -1.35. The van der Waals surface area contributed by atoms with Crippen LogP contribution in [0.5, 0.6) is 0 Å². The largest absolute Gasteiger partial charge is 0.404 e. The number of carbonyl (C=O) groups excluding carboxylic acids is 2. The zero-order valence-corrected chi connectivity index (χ0v) is 15.0. The number of hydrogen-bond acceptors (Lipinski definition) is 6. The second-order valence-electron chi connectivity index (χ2n) is 4.73. The molecule has 4 N–H and O–H groups in total. The molecule has 0 amide bonds. The lowest BCUT2D eigenvalue weighted by atomic mass is 10.0. The highest BCUT2D eigenvalue weighted by molar-refractivity contribution is 9.18. The van der Waals surface area contributed by atoms with E-state index >= 15 is 0 Å². The van der Waals surface area contributed by atoms with Crippen LogP contribution in [0.4, 0.5) is 8.78 Å². The number of aldehydes is 1. The number of nitrogens with two attached hydrogens (primary N) is 2. The Morgan fingerprint density at radius 2 is 2.12 bits per heavy atom. The highest BCUT2D eigenvalue weighted by Gasteiger charge is 2.25. The Labute approximate surface area is 151 Å². The monoisotopic (exact) mass is 414 g/mol. The van der Waals surface area contributed by atoms with E-state index < -0.39 is 23.5 Å². The summed E-state index contributed by atoms with van der Waals surface area (Å²) >= 11 is 3.08. The number of ketones is 1. The average molecular weight is 415 g/mol. The van der Waals surface area contributed by atoms with Gasteiger partial charge in [-0.05, 0) is 28.9 Å². The van der Waals surface area contributed by atoms with Crippen molar-refractivity contribution in [2.45, 2.75) is 19.5 Å². The number of nitrogens with zero attached hydrogens (tertiary/aromatic N) is 2. The van der Waals surface area contributed by atoms with Gasteiger partial charge >= 0.3 is 0 Å². The maximum Gasteiger partial charge on any atom is 0.218 e. The SMILES string of the molecule is CCN=C(Br)C(=CN)C(=O)C(=NC1=CCC(F)C=C1C=O)C(F)=CN. The van der Waals surface area contributed by atoms with Crippen LogP contribution in [0.3, 0.4) is 0 Å². The Hall–Kier alpha value is -2.42. The normalized spacial score (nSPS) is 20.1. The maximum atomic E-state index is 14.1. The summed E-state index contributed by atoms with van der Waals surface area (Å²) in [5, 5.41) is 0. The molecule has 1 aliphatic rings. The molecule has 0 bridgehead atoms. The summed E-state index contributed by atoms with van der Waals surface area (Å²) in [6, 6.07) is 0. The van der Waals surface area contributed by atoms with Crippen molar-refractivity contribution in [1.82, 2.24) is 0 Å². The van der Waals surface area contributed by atoms with Crippen molar-refractivity contribution in [2.24, 2.45) is 21.5 Å². The van der Waals surface area contributed by atoms with Gasteiger partial charge in [0.2, 0.25) is 5.78 Å². The van der Waals surface area contributed by atoms with E-state index in [0.29, 0.717) is 19.0 Å². The van der Waals surface area contributed by atoms with E-state index in [4.69, 9.17) is 11.5 Å². The second kappa shape index (κ2) is 9.77. The predicted molar refractivity (Wildman–Crippen MR) is 96.7 cm³/mol. The van der Waals surface area contributed by atoms with Crippen LogP contribution in [-0.2, 0) is 9.59 Å². The van der Waals surface area contributed by atoms with Crippen molar-refractivity contribution in [3.63, 3.8) is 0 Å². The molecule has 1 rings (SSSR count). The zero-order valence-electron chi connectivity index (χ0n) is 13.4. The molecule has 25 heavy (non-hydrogen) atoms. The molecule has 0 aliphatic heterocycles. The molecule has 6 nitrogen and oxygen atoms in total. The van der Waals surface area contributed by atoms with Crippen molar-refractivity contribution in [3.8, 4) is 0 Å². The topological polar surface area (TPSA) is 111 Å². The third-order valence-corrected chi connectivity index (χ3v) is 3.75. The summed E-state index contributed by atoms with van der Waals surface area (Å²) in [4.78, 5) is 31.5. The molecule has 0 fully saturated rings. The first kappa shape index (κ1) is 20.6. The smallest absolute Gasteiger partial charge is 0.218 e. The highest BCUT2D eigenvalue weighted by atomic mass is 79.9. The predicted octanol–water partition coefficient (Wildman–Crippen LogP) is 2.17. The number of Topliss-reactive ketones (excluding diaryl/α,β-unsaturated/α-hetero) is 1. The molecule has 1 atom stereocenters. The van der Waals surface area contributed by atoms with Gasteiger partial charge in [-0.15, -0.1) is 0 Å². The molecule has 9 heteroatoms. The van der Waals surface area contributed by atoms with Gasteiger partial charge in [-0.1, -0.05) is 6.08 Å². The molecule has 1 unspecified atom stereocenters. The summed E-state index contributed by atoms with van der Waals surface area (Å²) < 4.78 is 27.6. The van der Waals surface area contributed by atoms with Crippen molar-refractivity contribution < 1.29 is 18.4 Å². The Morgan fingerprint density at radius 1 is 1.44 bits per heavy atom. The number of aliphatic imine (C=N–C) groups is 2. The maximum absolute atomic E-state index is 14.1. The van der Waals surface area contributed by atoms with E-state index in [1.165, 1.54) is 6.08 Å². The number of alkyl halides is 1. The molecule has 0 aromatic carbocycles. The van der Waals surface area contributed by atoms with Gasteiger partial charge in [-0.3, -0.25) is 14.6 Å². The minimum absolute atomic E-state index is 0.0239. The molecule has 0 saturated heterocycles. The van der Waals surface area contributed by atoms with Crippen LogP contribution in [0.15, 0.2) is 57.2 Å². The van der Waals surface area contributed by atoms with Crippen LogP contribution in [0, 0.1) is 0 Å². The van der Waals surface area contributed by atoms with Crippen molar-refractivity contribution in [1.29, 1.82) is 0 Å². The molecule has 1 aliphatic carbocycles. The summed E-state index contributed by atoms with van der Waals surface area (Å²) in [6.45, 7) is 2.09. The van der Waals surface area contributed by atoms with Gasteiger partial charge in [0, 0.05) is 30.9 Å². The van der Waals surface area contributed by atoms with Crippen LogP contribution >= 0.6 is 15.9 Å². The number of rotatable bonds is 7. The minimum Gasteiger partial charge on any atom is -0.404 e. The summed E-state index contributed by atoms with van der Waals surface area (Å²) in [7, 11) is 0. The Kier molecular flexibility index (Phi) is 8.06. The molecule has 0 aromatic rings. The molecule has 0 heterocycles. The Bertz CT molecular complexity index is 736. The molecule has 0 aromatic heterocycles. The molecule has 134 valence electrons. The fourth-order valence-electron chi connectivity index (χ4n) is 1.90. The van der Waals surface area contributed by atoms with Crippen LogP contribution in [-0.4, -0.2) is 35.1 Å². The van der Waals surface area contributed by atoms with Crippen LogP contribution in [0.1, 0.15) is 13.3 Å². The van der Waals surface area contributed by atoms with Gasteiger partial charge in [0.15, 0.2) is 12.1 Å². The molecular weight excluding hydrogens is 398 g/mol. The van der Waals surface area contributed by atoms with Crippen molar-refractivity contribution in [3.05, 3.63) is 47.2 Å². The van der Waals surface area contributed by atoms with Gasteiger partial charge in [0.05, 0.1) is 11.3 Å². The van der Waals surface area contributed by atoms with Crippen LogP contribution in [0.25, 0.3) is 0 Å². The van der Waals surface area contributed by atoms with E-state index in [-0.39, 0.29) is 27.9 Å². The summed E-state index contributed by atoms with van der Waals surface area (Å²) in [6.07, 6.45) is 2.83. The molecule has 0 radical (unpaired) electrons. The molecule has 0 saturated carbocycles. The Morgan fingerprint density at radius 3 is 2.64 bits per heavy atom. The average Bonchev–Trinajstić information content (AvgIpc) is 2.60. The van der Waals surface area contributed by atoms with E-state index in [9.17, 15) is 18.4 Å². The fraction of sp³-hybridized carbons (Fsp3) is 0.250. The number of hydrogen-bond donors (Lipinski definition) is 2. The zero-order chi connectivity index (χ0) is 19.0. The first-order chi connectivity index (χ1) is 11.9. The third-order valence-electron chi connectivity index (χ3n) is 3.07. The number of allylic oxidation sites excluding steroid dienone is 5. The lowest BCUT2D eigenvalue weighted by Gasteiger charge is -2.12. The fourth-order valence-corrected chi connectivity index (χ4v) is 2.46.